The normalized spacial score (nSPS) is 11.0. The molecule has 0 saturated heterocycles. The van der Waals surface area contributed by atoms with Crippen LogP contribution in [-0.2, 0) is 11.2 Å². The molecule has 0 aliphatic heterocycles. The number of aliphatic carboxylic acids is 1. The zero-order chi connectivity index (χ0) is 14.9. The van der Waals surface area contributed by atoms with Crippen molar-refractivity contribution in [1.82, 2.24) is 9.78 Å². The molecule has 5 nitrogen and oxygen atoms in total. The van der Waals surface area contributed by atoms with Crippen molar-refractivity contribution in [2.45, 2.75) is 33.1 Å². The maximum atomic E-state index is 12.4. The number of rotatable bonds is 4. The van der Waals surface area contributed by atoms with Gasteiger partial charge in [0.15, 0.2) is 0 Å². The fraction of sp³-hybridized carbons (Fsp3) is 0.333. The summed E-state index contributed by atoms with van der Waals surface area (Å²) >= 11 is 0. The molecule has 2 N–H and O–H groups in total. The monoisotopic (exact) mass is 274 g/mol. The second-order valence-electron chi connectivity index (χ2n) is 5.21. The zero-order valence-electron chi connectivity index (χ0n) is 11.8. The minimum Gasteiger partial charge on any atom is -0.481 e. The summed E-state index contributed by atoms with van der Waals surface area (Å²) in [5.74, 6) is -0.942. The molecule has 2 rings (SSSR count). The predicted octanol–water partition coefficient (Wildman–Crippen LogP) is 2.22. The van der Waals surface area contributed by atoms with Crippen LogP contribution in [0.25, 0.3) is 5.69 Å². The van der Waals surface area contributed by atoms with Gasteiger partial charge in [-0.3, -0.25) is 14.7 Å². The highest BCUT2D eigenvalue weighted by molar-refractivity contribution is 5.70. The Morgan fingerprint density at radius 1 is 1.40 bits per heavy atom. The topological polar surface area (TPSA) is 75.1 Å². The Balaban J connectivity index is 2.61. The summed E-state index contributed by atoms with van der Waals surface area (Å²) in [7, 11) is 0. The first-order valence-corrected chi connectivity index (χ1v) is 6.52. The standard InChI is InChI=1S/C15H18N2O3/c1-9(2)14-12(8-13(18)19)15(20)17(16-14)11-6-4-5-10(3)7-11/h4-7,9,16H,8H2,1-3H3,(H,18,19). The van der Waals surface area contributed by atoms with Crippen molar-refractivity contribution in [3.8, 4) is 5.69 Å². The number of aromatic amines is 1. The molecule has 1 aromatic carbocycles. The number of hydrogen-bond acceptors (Lipinski definition) is 2. The first-order valence-electron chi connectivity index (χ1n) is 6.52. The molecule has 20 heavy (non-hydrogen) atoms. The smallest absolute Gasteiger partial charge is 0.308 e. The molecule has 106 valence electrons. The van der Waals surface area contributed by atoms with Gasteiger partial charge in [0.25, 0.3) is 5.56 Å². The molecule has 0 aliphatic carbocycles. The van der Waals surface area contributed by atoms with Gasteiger partial charge in [-0.1, -0.05) is 26.0 Å². The summed E-state index contributed by atoms with van der Waals surface area (Å²) in [6.45, 7) is 5.80. The number of nitrogens with one attached hydrogen (secondary N) is 1. The lowest BCUT2D eigenvalue weighted by Gasteiger charge is -2.05. The van der Waals surface area contributed by atoms with Crippen LogP contribution >= 0.6 is 0 Å². The van der Waals surface area contributed by atoms with Gasteiger partial charge in [-0.05, 0) is 30.5 Å². The number of carboxylic acid groups (broad SMARTS) is 1. The molecular formula is C15H18N2O3. The van der Waals surface area contributed by atoms with Crippen molar-refractivity contribution in [3.05, 3.63) is 51.4 Å². The summed E-state index contributed by atoms with van der Waals surface area (Å²) in [5, 5.41) is 12.0. The molecule has 0 bridgehead atoms. The summed E-state index contributed by atoms with van der Waals surface area (Å²) in [6.07, 6.45) is -0.262. The Labute approximate surface area is 116 Å². The van der Waals surface area contributed by atoms with Gasteiger partial charge in [0.1, 0.15) is 0 Å². The highest BCUT2D eigenvalue weighted by Crippen LogP contribution is 2.17. The van der Waals surface area contributed by atoms with E-state index in [1.54, 1.807) is 0 Å². The van der Waals surface area contributed by atoms with Crippen LogP contribution in [-0.4, -0.2) is 20.9 Å². The molecule has 0 aliphatic rings. The Kier molecular flexibility index (Phi) is 3.79. The van der Waals surface area contributed by atoms with Crippen molar-refractivity contribution < 1.29 is 9.90 Å². The van der Waals surface area contributed by atoms with E-state index in [-0.39, 0.29) is 17.9 Å². The van der Waals surface area contributed by atoms with Crippen LogP contribution in [0.1, 0.15) is 36.6 Å². The summed E-state index contributed by atoms with van der Waals surface area (Å²) in [4.78, 5) is 23.3. The summed E-state index contributed by atoms with van der Waals surface area (Å²) in [6, 6.07) is 7.51. The minimum absolute atomic E-state index is 0.0584. The molecule has 0 spiro atoms. The number of nitrogens with zero attached hydrogens (tertiary/aromatic N) is 1. The van der Waals surface area contributed by atoms with E-state index in [4.69, 9.17) is 5.11 Å². The SMILES string of the molecule is Cc1cccc(-n2[nH]c(C(C)C)c(CC(=O)O)c2=O)c1. The molecule has 0 saturated carbocycles. The van der Waals surface area contributed by atoms with Gasteiger partial charge < -0.3 is 5.11 Å². The first-order chi connectivity index (χ1) is 9.40. The molecule has 0 unspecified atom stereocenters. The van der Waals surface area contributed by atoms with Crippen LogP contribution in [0.3, 0.4) is 0 Å². The molecule has 1 aromatic heterocycles. The number of aryl methyl sites for hydroxylation is 1. The highest BCUT2D eigenvalue weighted by atomic mass is 16.4. The average molecular weight is 274 g/mol. The fourth-order valence-electron chi connectivity index (χ4n) is 2.24. The van der Waals surface area contributed by atoms with E-state index in [9.17, 15) is 9.59 Å². The van der Waals surface area contributed by atoms with Crippen molar-refractivity contribution in [2.24, 2.45) is 0 Å². The van der Waals surface area contributed by atoms with E-state index in [1.165, 1.54) is 4.68 Å². The molecule has 0 atom stereocenters. The second-order valence-corrected chi connectivity index (χ2v) is 5.21. The third-order valence-electron chi connectivity index (χ3n) is 3.18. The maximum Gasteiger partial charge on any atom is 0.308 e. The molecule has 0 radical (unpaired) electrons. The summed E-state index contributed by atoms with van der Waals surface area (Å²) < 4.78 is 1.42. The van der Waals surface area contributed by atoms with E-state index in [0.29, 0.717) is 16.9 Å². The zero-order valence-corrected chi connectivity index (χ0v) is 11.8. The highest BCUT2D eigenvalue weighted by Gasteiger charge is 2.19. The predicted molar refractivity (Wildman–Crippen MR) is 76.6 cm³/mol. The average Bonchev–Trinajstić information content (AvgIpc) is 2.67. The fourth-order valence-corrected chi connectivity index (χ4v) is 2.24. The number of carboxylic acids is 1. The minimum atomic E-state index is -1.00. The van der Waals surface area contributed by atoms with E-state index < -0.39 is 5.97 Å². The van der Waals surface area contributed by atoms with Crippen molar-refractivity contribution in [2.75, 3.05) is 0 Å². The van der Waals surface area contributed by atoms with Gasteiger partial charge in [0.05, 0.1) is 17.7 Å². The van der Waals surface area contributed by atoms with Crippen molar-refractivity contribution in [1.29, 1.82) is 0 Å². The Morgan fingerprint density at radius 3 is 2.65 bits per heavy atom. The number of benzene rings is 1. The molecule has 0 fully saturated rings. The largest absolute Gasteiger partial charge is 0.481 e. The third-order valence-corrected chi connectivity index (χ3v) is 3.18. The Bertz CT molecular complexity index is 695. The van der Waals surface area contributed by atoms with Crippen LogP contribution in [0, 0.1) is 6.92 Å². The van der Waals surface area contributed by atoms with Gasteiger partial charge in [-0.2, -0.15) is 0 Å². The molecule has 1 heterocycles. The van der Waals surface area contributed by atoms with Crippen LogP contribution in [0.5, 0.6) is 0 Å². The second kappa shape index (κ2) is 5.36. The summed E-state index contributed by atoms with van der Waals surface area (Å²) in [5.41, 5.74) is 2.47. The number of hydrogen-bond donors (Lipinski definition) is 2. The number of H-pyrrole nitrogens is 1. The van der Waals surface area contributed by atoms with Crippen LogP contribution in [0.4, 0.5) is 0 Å². The molecule has 0 amide bonds. The van der Waals surface area contributed by atoms with Gasteiger partial charge in [0.2, 0.25) is 0 Å². The van der Waals surface area contributed by atoms with Gasteiger partial charge >= 0.3 is 5.97 Å². The van der Waals surface area contributed by atoms with Crippen molar-refractivity contribution >= 4 is 5.97 Å². The quantitative estimate of drug-likeness (QED) is 0.897. The number of aromatic nitrogens is 2. The lowest BCUT2D eigenvalue weighted by molar-refractivity contribution is -0.136. The van der Waals surface area contributed by atoms with Crippen LogP contribution in [0.15, 0.2) is 29.1 Å². The lowest BCUT2D eigenvalue weighted by atomic mass is 10.0. The van der Waals surface area contributed by atoms with E-state index in [0.717, 1.165) is 5.56 Å². The van der Waals surface area contributed by atoms with E-state index in [2.05, 4.69) is 5.10 Å². The van der Waals surface area contributed by atoms with Crippen LogP contribution in [0.2, 0.25) is 0 Å². The van der Waals surface area contributed by atoms with Gasteiger partial charge in [-0.15, -0.1) is 0 Å². The van der Waals surface area contributed by atoms with E-state index in [1.807, 2.05) is 45.0 Å². The van der Waals surface area contributed by atoms with Gasteiger partial charge in [0, 0.05) is 5.69 Å². The Morgan fingerprint density at radius 2 is 2.10 bits per heavy atom. The maximum absolute atomic E-state index is 12.4. The first kappa shape index (κ1) is 14.1. The van der Waals surface area contributed by atoms with Gasteiger partial charge in [-0.25, -0.2) is 4.68 Å². The van der Waals surface area contributed by atoms with Crippen molar-refractivity contribution in [3.63, 3.8) is 0 Å². The van der Waals surface area contributed by atoms with E-state index >= 15 is 0 Å². The third kappa shape index (κ3) is 2.66. The number of carbonyl (C=O) groups is 1. The molecule has 2 aromatic rings. The Hall–Kier alpha value is -2.30. The lowest BCUT2D eigenvalue weighted by Crippen LogP contribution is -2.19. The molecular weight excluding hydrogens is 256 g/mol. The molecule has 5 heteroatoms. The van der Waals surface area contributed by atoms with Crippen LogP contribution < -0.4 is 5.56 Å².